The standard InChI is InChI=1S/C30H58N4O11/c1-22(37)34-25-27(40)26(39)23(21-36)45-28(25)43-19-7-11-24(38)31-15-5-3-4-6-16-32-29(41)44-20-10-14-30(2,13-9-18-35)12-8-17-33-42/h23,25-28,33,35-36,39-40,42H,3-21H2,1-2H3,(H,31,38)(H,32,41)(H,34,37). The van der Waals surface area contributed by atoms with Gasteiger partial charge in [0.05, 0.1) is 19.8 Å². The predicted octanol–water partition coefficient (Wildman–Crippen LogP) is 0.448. The Labute approximate surface area is 266 Å². The summed E-state index contributed by atoms with van der Waals surface area (Å²) in [5, 5.41) is 55.8. The average molecular weight is 651 g/mol. The van der Waals surface area contributed by atoms with Crippen LogP contribution in [0.2, 0.25) is 0 Å². The Hall–Kier alpha value is -2.11. The number of alkyl carbamates (subject to hydrolysis) is 1. The van der Waals surface area contributed by atoms with E-state index in [2.05, 4.69) is 28.4 Å². The number of aliphatic hydroxyl groups is 4. The number of aliphatic hydroxyl groups excluding tert-OH is 4. The van der Waals surface area contributed by atoms with Gasteiger partial charge in [-0.05, 0) is 63.2 Å². The molecule has 0 aromatic heterocycles. The highest BCUT2D eigenvalue weighted by Crippen LogP contribution is 2.34. The summed E-state index contributed by atoms with van der Waals surface area (Å²) in [6, 6.07) is -1.02. The summed E-state index contributed by atoms with van der Waals surface area (Å²) < 4.78 is 16.4. The monoisotopic (exact) mass is 650 g/mol. The van der Waals surface area contributed by atoms with Crippen LogP contribution >= 0.6 is 0 Å². The van der Waals surface area contributed by atoms with Crippen LogP contribution in [0.15, 0.2) is 0 Å². The number of hydroxylamine groups is 1. The number of amides is 3. The lowest BCUT2D eigenvalue weighted by molar-refractivity contribution is -0.270. The quantitative estimate of drug-likeness (QED) is 0.0485. The van der Waals surface area contributed by atoms with E-state index in [9.17, 15) is 34.8 Å². The van der Waals surface area contributed by atoms with Crippen molar-refractivity contribution >= 4 is 17.9 Å². The Kier molecular flexibility index (Phi) is 21.9. The second-order valence-electron chi connectivity index (χ2n) is 12.0. The first-order valence-electron chi connectivity index (χ1n) is 16.2. The number of ether oxygens (including phenoxy) is 3. The maximum Gasteiger partial charge on any atom is 0.407 e. The molecule has 1 aliphatic heterocycles. The molecule has 1 aliphatic rings. The SMILES string of the molecule is CC(=O)NC1C(OCCCC(=O)NCCCCCCNC(=O)OCCCC(C)(CCCO)CCCNO)OC(CO)C(O)C1O. The van der Waals surface area contributed by atoms with Gasteiger partial charge >= 0.3 is 6.09 Å². The molecule has 15 heteroatoms. The van der Waals surface area contributed by atoms with Gasteiger partial charge in [0.1, 0.15) is 24.4 Å². The van der Waals surface area contributed by atoms with Crippen molar-refractivity contribution in [2.24, 2.45) is 5.41 Å². The number of rotatable bonds is 25. The zero-order valence-corrected chi connectivity index (χ0v) is 27.0. The molecule has 1 fully saturated rings. The molecule has 1 rings (SSSR count). The molecule has 0 saturated carbocycles. The van der Waals surface area contributed by atoms with Crippen molar-refractivity contribution in [1.29, 1.82) is 0 Å². The molecule has 0 spiro atoms. The predicted molar refractivity (Wildman–Crippen MR) is 164 cm³/mol. The Morgan fingerprint density at radius 3 is 2.13 bits per heavy atom. The zero-order valence-electron chi connectivity index (χ0n) is 27.0. The molecule has 3 amide bonds. The fourth-order valence-electron chi connectivity index (χ4n) is 5.35. The topological polar surface area (TPSA) is 228 Å². The minimum Gasteiger partial charge on any atom is -0.450 e. The van der Waals surface area contributed by atoms with Gasteiger partial charge in [0.2, 0.25) is 11.8 Å². The summed E-state index contributed by atoms with van der Waals surface area (Å²) in [4.78, 5) is 35.6. The first-order chi connectivity index (χ1) is 21.6. The highest BCUT2D eigenvalue weighted by molar-refractivity contribution is 5.75. The number of hydrogen-bond acceptors (Lipinski definition) is 12. The molecule has 0 radical (unpaired) electrons. The molecule has 0 bridgehead atoms. The van der Waals surface area contributed by atoms with E-state index in [1.54, 1.807) is 0 Å². The maximum absolute atomic E-state index is 12.1. The molecule has 1 heterocycles. The van der Waals surface area contributed by atoms with Crippen LogP contribution in [-0.2, 0) is 23.8 Å². The van der Waals surface area contributed by atoms with E-state index in [0.717, 1.165) is 64.2 Å². The van der Waals surface area contributed by atoms with E-state index in [1.165, 1.54) is 6.92 Å². The molecule has 15 nitrogen and oxygen atoms in total. The van der Waals surface area contributed by atoms with Crippen LogP contribution in [0.5, 0.6) is 0 Å². The normalized spacial score (nSPS) is 22.8. The molecular weight excluding hydrogens is 592 g/mol. The van der Waals surface area contributed by atoms with E-state index < -0.39 is 49.3 Å². The lowest BCUT2D eigenvalue weighted by Crippen LogP contribution is -2.64. The molecule has 6 unspecified atom stereocenters. The molecule has 0 aliphatic carbocycles. The summed E-state index contributed by atoms with van der Waals surface area (Å²) in [7, 11) is 0. The summed E-state index contributed by atoms with van der Waals surface area (Å²) in [6.07, 6.45) is 3.55. The summed E-state index contributed by atoms with van der Waals surface area (Å²) >= 11 is 0. The molecule has 9 N–H and O–H groups in total. The van der Waals surface area contributed by atoms with Gasteiger partial charge in [-0.25, -0.2) is 10.3 Å². The summed E-state index contributed by atoms with van der Waals surface area (Å²) in [5.74, 6) is -0.573. The van der Waals surface area contributed by atoms with Crippen molar-refractivity contribution in [2.75, 3.05) is 46.1 Å². The Balaban J connectivity index is 2.09. The van der Waals surface area contributed by atoms with E-state index in [-0.39, 0.29) is 31.0 Å². The maximum atomic E-state index is 12.1. The highest BCUT2D eigenvalue weighted by Gasteiger charge is 2.45. The minimum atomic E-state index is -1.38. The third-order valence-electron chi connectivity index (χ3n) is 7.94. The fraction of sp³-hybridized carbons (Fsp3) is 0.900. The zero-order chi connectivity index (χ0) is 33.5. The Morgan fingerprint density at radius 1 is 0.822 bits per heavy atom. The minimum absolute atomic E-state index is 0.0275. The van der Waals surface area contributed by atoms with E-state index in [4.69, 9.17) is 19.4 Å². The van der Waals surface area contributed by atoms with Gasteiger partial charge in [-0.15, -0.1) is 0 Å². The Bertz CT molecular complexity index is 825. The van der Waals surface area contributed by atoms with Crippen LogP contribution < -0.4 is 21.4 Å². The van der Waals surface area contributed by atoms with E-state index >= 15 is 0 Å². The van der Waals surface area contributed by atoms with Crippen LogP contribution in [0.4, 0.5) is 4.79 Å². The van der Waals surface area contributed by atoms with Crippen molar-refractivity contribution < 1.29 is 54.2 Å². The largest absolute Gasteiger partial charge is 0.450 e. The van der Waals surface area contributed by atoms with Crippen molar-refractivity contribution in [3.8, 4) is 0 Å². The first-order valence-corrected chi connectivity index (χ1v) is 16.2. The second kappa shape index (κ2) is 24.1. The van der Waals surface area contributed by atoms with Gasteiger partial charge in [-0.2, -0.15) is 0 Å². The van der Waals surface area contributed by atoms with Crippen LogP contribution in [0, 0.1) is 5.41 Å². The van der Waals surface area contributed by atoms with Crippen molar-refractivity contribution in [3.05, 3.63) is 0 Å². The molecule has 45 heavy (non-hydrogen) atoms. The van der Waals surface area contributed by atoms with Crippen LogP contribution in [0.3, 0.4) is 0 Å². The smallest absolute Gasteiger partial charge is 0.407 e. The third-order valence-corrected chi connectivity index (χ3v) is 7.94. The van der Waals surface area contributed by atoms with Gasteiger partial charge in [0, 0.05) is 39.6 Å². The molecule has 0 aromatic carbocycles. The van der Waals surface area contributed by atoms with E-state index in [0.29, 0.717) is 32.7 Å². The van der Waals surface area contributed by atoms with Gasteiger partial charge in [-0.3, -0.25) is 9.59 Å². The number of hydrogen-bond donors (Lipinski definition) is 9. The molecule has 264 valence electrons. The lowest BCUT2D eigenvalue weighted by Gasteiger charge is -2.42. The van der Waals surface area contributed by atoms with Crippen LogP contribution in [0.25, 0.3) is 0 Å². The number of unbranched alkanes of at least 4 members (excludes halogenated alkanes) is 3. The summed E-state index contributed by atoms with van der Waals surface area (Å²) in [5.41, 5.74) is 2.20. The highest BCUT2D eigenvalue weighted by atomic mass is 16.7. The van der Waals surface area contributed by atoms with Gasteiger partial charge in [0.15, 0.2) is 6.29 Å². The van der Waals surface area contributed by atoms with Crippen LogP contribution in [0.1, 0.15) is 90.9 Å². The van der Waals surface area contributed by atoms with Gasteiger partial charge < -0.3 is 55.8 Å². The third kappa shape index (κ3) is 18.0. The average Bonchev–Trinajstić information content (AvgIpc) is 3.01. The lowest BCUT2D eigenvalue weighted by atomic mass is 9.77. The van der Waals surface area contributed by atoms with Gasteiger partial charge in [-0.1, -0.05) is 19.8 Å². The second-order valence-corrected chi connectivity index (χ2v) is 12.0. The first kappa shape index (κ1) is 40.9. The molecule has 1 saturated heterocycles. The number of carbonyl (C=O) groups is 3. The summed E-state index contributed by atoms with van der Waals surface area (Å²) in [6.45, 7) is 5.04. The van der Waals surface area contributed by atoms with Crippen molar-refractivity contribution in [3.63, 3.8) is 0 Å². The molecule has 6 atom stereocenters. The van der Waals surface area contributed by atoms with Gasteiger partial charge in [0.25, 0.3) is 0 Å². The molecular formula is C30H58N4O11. The van der Waals surface area contributed by atoms with Crippen molar-refractivity contribution in [2.45, 2.75) is 122 Å². The van der Waals surface area contributed by atoms with Crippen molar-refractivity contribution in [1.82, 2.24) is 21.4 Å². The van der Waals surface area contributed by atoms with E-state index in [1.807, 2.05) is 0 Å². The molecule has 0 aromatic rings. The van der Waals surface area contributed by atoms with Crippen LogP contribution in [-0.4, -0.2) is 120 Å². The number of nitrogens with one attached hydrogen (secondary N) is 4. The fourth-order valence-corrected chi connectivity index (χ4v) is 5.35. The Morgan fingerprint density at radius 2 is 1.49 bits per heavy atom. The number of carbonyl (C=O) groups excluding carboxylic acids is 3.